The first kappa shape index (κ1) is 7.61. The largest absolute Gasteiger partial charge is 0.468 e. The van der Waals surface area contributed by atoms with Crippen molar-refractivity contribution in [2.45, 2.75) is 32.5 Å². The van der Waals surface area contributed by atoms with Crippen LogP contribution in [0.25, 0.3) is 0 Å². The fraction of sp³-hybridized carbons (Fsp3) is 0.750. The summed E-state index contributed by atoms with van der Waals surface area (Å²) in [5.41, 5.74) is 0. The van der Waals surface area contributed by atoms with Gasteiger partial charge in [0, 0.05) is 19.3 Å². The first-order valence-corrected chi connectivity index (χ1v) is 3.61. The third-order valence-electron chi connectivity index (χ3n) is 2.12. The van der Waals surface area contributed by atoms with Crippen molar-refractivity contribution in [2.24, 2.45) is 5.92 Å². The molecule has 2 nitrogen and oxygen atoms in total. The molecule has 1 fully saturated rings. The fourth-order valence-corrected chi connectivity index (χ4v) is 1.09. The lowest BCUT2D eigenvalue weighted by atomic mass is 9.93. The number of aliphatic hydroxyl groups is 1. The van der Waals surface area contributed by atoms with Gasteiger partial charge in [-0.2, -0.15) is 0 Å². The standard InChI is InChI=1S/C8H14O2/c1-6-4-5-7(2)10-8(6,3)9/h6,9H,2,4-5H2,1,3H3. The van der Waals surface area contributed by atoms with Gasteiger partial charge in [-0.15, -0.1) is 0 Å². The van der Waals surface area contributed by atoms with E-state index < -0.39 is 5.79 Å². The van der Waals surface area contributed by atoms with E-state index in [4.69, 9.17) is 4.74 Å². The lowest BCUT2D eigenvalue weighted by Gasteiger charge is -2.36. The van der Waals surface area contributed by atoms with E-state index in [1.807, 2.05) is 6.92 Å². The Hall–Kier alpha value is -0.500. The SMILES string of the molecule is C=C1CCC(C)C(C)(O)O1. The number of rotatable bonds is 0. The van der Waals surface area contributed by atoms with Crippen LogP contribution < -0.4 is 0 Å². The molecule has 1 N–H and O–H groups in total. The van der Waals surface area contributed by atoms with Gasteiger partial charge >= 0.3 is 0 Å². The first-order valence-electron chi connectivity index (χ1n) is 3.61. The Morgan fingerprint density at radius 3 is 2.80 bits per heavy atom. The summed E-state index contributed by atoms with van der Waals surface area (Å²) in [6, 6.07) is 0. The molecule has 0 bridgehead atoms. The second-order valence-electron chi connectivity index (χ2n) is 3.14. The van der Waals surface area contributed by atoms with Gasteiger partial charge in [0.1, 0.15) is 0 Å². The molecule has 1 aliphatic heterocycles. The Labute approximate surface area is 61.5 Å². The molecule has 0 aromatic heterocycles. The van der Waals surface area contributed by atoms with Crippen molar-refractivity contribution in [1.29, 1.82) is 0 Å². The molecule has 1 saturated heterocycles. The molecule has 2 unspecified atom stereocenters. The number of hydrogen-bond acceptors (Lipinski definition) is 2. The minimum atomic E-state index is -0.991. The van der Waals surface area contributed by atoms with Crippen molar-refractivity contribution < 1.29 is 9.84 Å². The van der Waals surface area contributed by atoms with Crippen molar-refractivity contribution in [3.8, 4) is 0 Å². The second kappa shape index (κ2) is 2.27. The lowest BCUT2D eigenvalue weighted by molar-refractivity contribution is -0.213. The van der Waals surface area contributed by atoms with E-state index in [9.17, 15) is 5.11 Å². The van der Waals surface area contributed by atoms with Gasteiger partial charge in [0.05, 0.1) is 5.76 Å². The van der Waals surface area contributed by atoms with Crippen molar-refractivity contribution in [1.82, 2.24) is 0 Å². The van der Waals surface area contributed by atoms with Crippen molar-refractivity contribution in [3.63, 3.8) is 0 Å². The molecule has 2 atom stereocenters. The van der Waals surface area contributed by atoms with E-state index in [0.717, 1.165) is 12.8 Å². The zero-order valence-electron chi connectivity index (χ0n) is 6.55. The summed E-state index contributed by atoms with van der Waals surface area (Å²) in [5, 5.41) is 9.53. The molecule has 0 aromatic rings. The quantitative estimate of drug-likeness (QED) is 0.557. The van der Waals surface area contributed by atoms with Gasteiger partial charge in [-0.05, 0) is 6.42 Å². The lowest BCUT2D eigenvalue weighted by Crippen LogP contribution is -2.38. The maximum Gasteiger partial charge on any atom is 0.207 e. The molecule has 10 heavy (non-hydrogen) atoms. The van der Waals surface area contributed by atoms with Gasteiger partial charge < -0.3 is 9.84 Å². The topological polar surface area (TPSA) is 29.5 Å². The summed E-state index contributed by atoms with van der Waals surface area (Å²) in [4.78, 5) is 0. The second-order valence-corrected chi connectivity index (χ2v) is 3.14. The summed E-state index contributed by atoms with van der Waals surface area (Å²) in [5.74, 6) is -0.0869. The van der Waals surface area contributed by atoms with Gasteiger partial charge in [0.15, 0.2) is 0 Å². The highest BCUT2D eigenvalue weighted by molar-refractivity contribution is 4.92. The predicted molar refractivity (Wildman–Crippen MR) is 39.2 cm³/mol. The van der Waals surface area contributed by atoms with E-state index in [0.29, 0.717) is 5.76 Å². The summed E-state index contributed by atoms with van der Waals surface area (Å²) < 4.78 is 5.15. The van der Waals surface area contributed by atoms with Crippen LogP contribution in [-0.2, 0) is 4.74 Å². The van der Waals surface area contributed by atoms with Gasteiger partial charge in [-0.25, -0.2) is 0 Å². The smallest absolute Gasteiger partial charge is 0.207 e. The first-order chi connectivity index (χ1) is 4.52. The fourth-order valence-electron chi connectivity index (χ4n) is 1.09. The average molecular weight is 142 g/mol. The minimum absolute atomic E-state index is 0.206. The molecule has 0 aromatic carbocycles. The van der Waals surface area contributed by atoms with Gasteiger partial charge in [-0.1, -0.05) is 13.5 Å². The normalized spacial score (nSPS) is 41.1. The van der Waals surface area contributed by atoms with Crippen molar-refractivity contribution in [2.75, 3.05) is 0 Å². The van der Waals surface area contributed by atoms with Gasteiger partial charge in [-0.3, -0.25) is 0 Å². The van der Waals surface area contributed by atoms with Gasteiger partial charge in [0.2, 0.25) is 5.79 Å². The van der Waals surface area contributed by atoms with Crippen LogP contribution in [0.4, 0.5) is 0 Å². The van der Waals surface area contributed by atoms with Gasteiger partial charge in [0.25, 0.3) is 0 Å². The zero-order valence-corrected chi connectivity index (χ0v) is 6.55. The van der Waals surface area contributed by atoms with Crippen LogP contribution in [0, 0.1) is 5.92 Å². The Morgan fingerprint density at radius 1 is 1.80 bits per heavy atom. The van der Waals surface area contributed by atoms with Crippen molar-refractivity contribution >= 4 is 0 Å². The minimum Gasteiger partial charge on any atom is -0.468 e. The third kappa shape index (κ3) is 1.32. The molecule has 0 spiro atoms. The summed E-state index contributed by atoms with van der Waals surface area (Å²) in [7, 11) is 0. The summed E-state index contributed by atoms with van der Waals surface area (Å²) >= 11 is 0. The average Bonchev–Trinajstić information content (AvgIpc) is 1.78. The number of hydrogen-bond donors (Lipinski definition) is 1. The van der Waals surface area contributed by atoms with Crippen LogP contribution in [0.1, 0.15) is 26.7 Å². The van der Waals surface area contributed by atoms with Crippen LogP contribution in [0.5, 0.6) is 0 Å². The number of allylic oxidation sites excluding steroid dienone is 1. The summed E-state index contributed by atoms with van der Waals surface area (Å²) in [6.45, 7) is 7.32. The van der Waals surface area contributed by atoms with Crippen molar-refractivity contribution in [3.05, 3.63) is 12.3 Å². The van der Waals surface area contributed by atoms with E-state index in [1.165, 1.54) is 0 Å². The molecular formula is C8H14O2. The molecule has 1 heterocycles. The molecule has 0 saturated carbocycles. The van der Waals surface area contributed by atoms with Crippen LogP contribution in [0.15, 0.2) is 12.3 Å². The highest BCUT2D eigenvalue weighted by Crippen LogP contribution is 2.32. The Morgan fingerprint density at radius 2 is 2.40 bits per heavy atom. The van der Waals surface area contributed by atoms with Crippen LogP contribution in [-0.4, -0.2) is 10.9 Å². The zero-order chi connectivity index (χ0) is 7.78. The number of ether oxygens (including phenoxy) is 1. The molecule has 1 aliphatic rings. The summed E-state index contributed by atoms with van der Waals surface area (Å²) in [6.07, 6.45) is 1.84. The molecule has 0 radical (unpaired) electrons. The Bertz CT molecular complexity index is 149. The Balaban J connectivity index is 2.63. The highest BCUT2D eigenvalue weighted by Gasteiger charge is 2.34. The Kier molecular flexibility index (Phi) is 1.73. The van der Waals surface area contributed by atoms with Crippen LogP contribution in [0.2, 0.25) is 0 Å². The maximum absolute atomic E-state index is 9.53. The van der Waals surface area contributed by atoms with E-state index in [1.54, 1.807) is 6.92 Å². The van der Waals surface area contributed by atoms with E-state index in [2.05, 4.69) is 6.58 Å². The monoisotopic (exact) mass is 142 g/mol. The third-order valence-corrected chi connectivity index (χ3v) is 2.12. The molecule has 1 rings (SSSR count). The molecule has 0 amide bonds. The highest BCUT2D eigenvalue weighted by atomic mass is 16.6. The molecule has 0 aliphatic carbocycles. The van der Waals surface area contributed by atoms with E-state index >= 15 is 0 Å². The van der Waals surface area contributed by atoms with Crippen LogP contribution >= 0.6 is 0 Å². The molecule has 58 valence electrons. The molecule has 2 heteroatoms. The predicted octanol–water partition coefficient (Wildman–Crippen LogP) is 1.66. The van der Waals surface area contributed by atoms with E-state index in [-0.39, 0.29) is 5.92 Å². The van der Waals surface area contributed by atoms with Crippen LogP contribution in [0.3, 0.4) is 0 Å². The maximum atomic E-state index is 9.53. The molecular weight excluding hydrogens is 128 g/mol.